The summed E-state index contributed by atoms with van der Waals surface area (Å²) in [5.74, 6) is 0.728. The minimum absolute atomic E-state index is 0.111. The fourth-order valence-corrected chi connectivity index (χ4v) is 1.80. The van der Waals surface area contributed by atoms with Gasteiger partial charge in [0.1, 0.15) is 0 Å². The van der Waals surface area contributed by atoms with Gasteiger partial charge in [-0.25, -0.2) is 0 Å². The van der Waals surface area contributed by atoms with Gasteiger partial charge >= 0.3 is 0 Å². The van der Waals surface area contributed by atoms with Gasteiger partial charge in [0, 0.05) is 7.05 Å². The van der Waals surface area contributed by atoms with Crippen LogP contribution in [-0.4, -0.2) is 22.0 Å². The summed E-state index contributed by atoms with van der Waals surface area (Å²) in [7, 11) is 1.70. The van der Waals surface area contributed by atoms with E-state index in [0.29, 0.717) is 22.6 Å². The van der Waals surface area contributed by atoms with E-state index in [4.69, 9.17) is 23.2 Å². The Hall–Kier alpha value is -1.59. The molecule has 2 rings (SSSR count). The highest BCUT2D eigenvalue weighted by molar-refractivity contribution is 6.33. The summed E-state index contributed by atoms with van der Waals surface area (Å²) in [6.07, 6.45) is 0. The molecule has 1 aromatic carbocycles. The second-order valence-electron chi connectivity index (χ2n) is 3.61. The van der Waals surface area contributed by atoms with Crippen LogP contribution in [0.2, 0.25) is 10.3 Å². The third-order valence-corrected chi connectivity index (χ3v) is 2.68. The lowest BCUT2D eigenvalue weighted by molar-refractivity contribution is 1.05. The van der Waals surface area contributed by atoms with Crippen LogP contribution in [0.5, 0.6) is 0 Å². The SMILES string of the molecule is CNc1nc(Cl)nc(Nc2ccc(C)cc2Cl)n1. The van der Waals surface area contributed by atoms with Crippen LogP contribution in [0.4, 0.5) is 17.6 Å². The molecule has 1 aromatic heterocycles. The number of benzene rings is 1. The molecule has 0 amide bonds. The van der Waals surface area contributed by atoms with E-state index in [9.17, 15) is 0 Å². The van der Waals surface area contributed by atoms with Crippen LogP contribution in [0.15, 0.2) is 18.2 Å². The van der Waals surface area contributed by atoms with Crippen LogP contribution in [0.25, 0.3) is 0 Å². The van der Waals surface area contributed by atoms with Crippen LogP contribution in [0, 0.1) is 6.92 Å². The quantitative estimate of drug-likeness (QED) is 0.905. The smallest absolute Gasteiger partial charge is 0.233 e. The number of nitrogens with one attached hydrogen (secondary N) is 2. The molecule has 0 fully saturated rings. The van der Waals surface area contributed by atoms with E-state index in [2.05, 4.69) is 25.6 Å². The van der Waals surface area contributed by atoms with E-state index in [1.165, 1.54) is 0 Å². The first-order valence-electron chi connectivity index (χ1n) is 5.21. The predicted molar refractivity (Wildman–Crippen MR) is 73.9 cm³/mol. The maximum absolute atomic E-state index is 6.11. The normalized spacial score (nSPS) is 10.2. The van der Waals surface area contributed by atoms with Gasteiger partial charge in [-0.05, 0) is 36.2 Å². The molecule has 94 valence electrons. The van der Waals surface area contributed by atoms with Crippen molar-refractivity contribution in [3.63, 3.8) is 0 Å². The predicted octanol–water partition coefficient (Wildman–Crippen LogP) is 3.27. The molecule has 0 spiro atoms. The summed E-state index contributed by atoms with van der Waals surface area (Å²) in [5, 5.41) is 6.50. The van der Waals surface area contributed by atoms with E-state index in [1.54, 1.807) is 7.05 Å². The molecular formula is C11H11Cl2N5. The standard InChI is InChI=1S/C11H11Cl2N5/c1-6-3-4-8(7(12)5-6)15-11-17-9(13)16-10(14-2)18-11/h3-5H,1-2H3,(H2,14,15,16,17,18). The number of hydrogen-bond donors (Lipinski definition) is 2. The van der Waals surface area contributed by atoms with Crippen molar-refractivity contribution >= 4 is 40.8 Å². The second-order valence-corrected chi connectivity index (χ2v) is 4.36. The molecule has 7 heteroatoms. The van der Waals surface area contributed by atoms with Gasteiger partial charge in [-0.1, -0.05) is 17.7 Å². The van der Waals surface area contributed by atoms with Gasteiger partial charge in [0.05, 0.1) is 10.7 Å². The average Bonchev–Trinajstić information content (AvgIpc) is 2.32. The molecule has 2 N–H and O–H groups in total. The first-order chi connectivity index (χ1) is 8.58. The molecule has 0 aliphatic rings. The van der Waals surface area contributed by atoms with E-state index in [0.717, 1.165) is 5.56 Å². The minimum atomic E-state index is 0.111. The first-order valence-corrected chi connectivity index (χ1v) is 5.96. The number of aromatic nitrogens is 3. The largest absolute Gasteiger partial charge is 0.357 e. The minimum Gasteiger partial charge on any atom is -0.357 e. The van der Waals surface area contributed by atoms with Crippen molar-refractivity contribution in [1.29, 1.82) is 0 Å². The Bertz CT molecular complexity index is 573. The number of aryl methyl sites for hydroxylation is 1. The van der Waals surface area contributed by atoms with Crippen LogP contribution in [0.1, 0.15) is 5.56 Å². The molecule has 2 aromatic rings. The molecular weight excluding hydrogens is 273 g/mol. The van der Waals surface area contributed by atoms with Crippen molar-refractivity contribution < 1.29 is 0 Å². The zero-order valence-electron chi connectivity index (χ0n) is 9.83. The van der Waals surface area contributed by atoms with E-state index in [1.807, 2.05) is 25.1 Å². The summed E-state index contributed by atoms with van der Waals surface area (Å²) in [6, 6.07) is 5.65. The van der Waals surface area contributed by atoms with Crippen molar-refractivity contribution in [2.75, 3.05) is 17.7 Å². The van der Waals surface area contributed by atoms with Crippen LogP contribution >= 0.6 is 23.2 Å². The lowest BCUT2D eigenvalue weighted by atomic mass is 10.2. The lowest BCUT2D eigenvalue weighted by Crippen LogP contribution is -2.04. The summed E-state index contributed by atoms with van der Waals surface area (Å²) in [6.45, 7) is 1.97. The average molecular weight is 284 g/mol. The molecule has 0 bridgehead atoms. The number of nitrogens with zero attached hydrogens (tertiary/aromatic N) is 3. The van der Waals surface area contributed by atoms with E-state index >= 15 is 0 Å². The van der Waals surface area contributed by atoms with Crippen LogP contribution < -0.4 is 10.6 Å². The summed E-state index contributed by atoms with van der Waals surface area (Å²) < 4.78 is 0. The Kier molecular flexibility index (Phi) is 3.84. The highest BCUT2D eigenvalue weighted by Crippen LogP contribution is 2.25. The van der Waals surface area contributed by atoms with Crippen molar-refractivity contribution in [3.8, 4) is 0 Å². The molecule has 0 saturated heterocycles. The number of halogens is 2. The Morgan fingerprint density at radius 3 is 2.44 bits per heavy atom. The molecule has 1 heterocycles. The van der Waals surface area contributed by atoms with Gasteiger partial charge in [0.2, 0.25) is 17.2 Å². The Morgan fingerprint density at radius 1 is 1.06 bits per heavy atom. The zero-order valence-corrected chi connectivity index (χ0v) is 11.3. The molecule has 0 saturated carbocycles. The maximum Gasteiger partial charge on any atom is 0.233 e. The third kappa shape index (κ3) is 3.00. The van der Waals surface area contributed by atoms with Crippen molar-refractivity contribution in [2.45, 2.75) is 6.92 Å². The van der Waals surface area contributed by atoms with E-state index < -0.39 is 0 Å². The molecule has 0 aliphatic carbocycles. The van der Waals surface area contributed by atoms with Gasteiger partial charge in [0.15, 0.2) is 0 Å². The van der Waals surface area contributed by atoms with Crippen LogP contribution in [0.3, 0.4) is 0 Å². The molecule has 5 nitrogen and oxygen atoms in total. The third-order valence-electron chi connectivity index (χ3n) is 2.20. The molecule has 0 aliphatic heterocycles. The summed E-state index contributed by atoms with van der Waals surface area (Å²) in [5.41, 5.74) is 1.79. The fraction of sp³-hybridized carbons (Fsp3) is 0.182. The monoisotopic (exact) mass is 283 g/mol. The van der Waals surface area contributed by atoms with E-state index in [-0.39, 0.29) is 5.28 Å². The van der Waals surface area contributed by atoms with Crippen molar-refractivity contribution in [2.24, 2.45) is 0 Å². The van der Waals surface area contributed by atoms with Crippen molar-refractivity contribution in [1.82, 2.24) is 15.0 Å². The highest BCUT2D eigenvalue weighted by Gasteiger charge is 2.06. The number of anilines is 3. The Balaban J connectivity index is 2.30. The summed E-state index contributed by atoms with van der Waals surface area (Å²) in [4.78, 5) is 12.0. The Labute approximate surface area is 115 Å². The lowest BCUT2D eigenvalue weighted by Gasteiger charge is -2.08. The topological polar surface area (TPSA) is 62.7 Å². The van der Waals surface area contributed by atoms with Gasteiger partial charge < -0.3 is 10.6 Å². The molecule has 0 unspecified atom stereocenters. The molecule has 0 radical (unpaired) electrons. The molecule has 0 atom stereocenters. The Morgan fingerprint density at radius 2 is 1.78 bits per heavy atom. The number of rotatable bonds is 3. The van der Waals surface area contributed by atoms with Gasteiger partial charge in [-0.15, -0.1) is 0 Å². The second kappa shape index (κ2) is 5.37. The van der Waals surface area contributed by atoms with Gasteiger partial charge in [0.25, 0.3) is 0 Å². The maximum atomic E-state index is 6.11. The molecule has 18 heavy (non-hydrogen) atoms. The van der Waals surface area contributed by atoms with Crippen molar-refractivity contribution in [3.05, 3.63) is 34.1 Å². The van der Waals surface area contributed by atoms with Gasteiger partial charge in [-0.3, -0.25) is 0 Å². The fourth-order valence-electron chi connectivity index (χ4n) is 1.36. The van der Waals surface area contributed by atoms with Gasteiger partial charge in [-0.2, -0.15) is 15.0 Å². The zero-order chi connectivity index (χ0) is 13.1. The summed E-state index contributed by atoms with van der Waals surface area (Å²) >= 11 is 11.9. The number of hydrogen-bond acceptors (Lipinski definition) is 5. The van der Waals surface area contributed by atoms with Crippen LogP contribution in [-0.2, 0) is 0 Å². The first kappa shape index (κ1) is 12.9. The highest BCUT2D eigenvalue weighted by atomic mass is 35.5.